The van der Waals surface area contributed by atoms with Gasteiger partial charge in [0.2, 0.25) is 0 Å². The molecule has 112 valence electrons. The second-order valence-corrected chi connectivity index (χ2v) is 4.45. The molecular weight excluding hydrogens is 289 g/mol. The van der Waals surface area contributed by atoms with Crippen LogP contribution in [0.1, 0.15) is 22.8 Å². The molecule has 1 amide bonds. The van der Waals surface area contributed by atoms with Gasteiger partial charge in [0, 0.05) is 17.7 Å². The number of nitro groups is 1. The maximum atomic E-state index is 12.8. The number of nitro benzene ring substituents is 1. The van der Waals surface area contributed by atoms with Crippen LogP contribution in [0.2, 0.25) is 0 Å². The van der Waals surface area contributed by atoms with Crippen LogP contribution in [0.5, 0.6) is 0 Å². The summed E-state index contributed by atoms with van der Waals surface area (Å²) in [7, 11) is 0. The molecular formula is C15H12FN3O3. The van der Waals surface area contributed by atoms with Gasteiger partial charge in [-0.3, -0.25) is 14.9 Å². The van der Waals surface area contributed by atoms with Gasteiger partial charge in [0.25, 0.3) is 11.6 Å². The van der Waals surface area contributed by atoms with Gasteiger partial charge >= 0.3 is 0 Å². The number of benzene rings is 2. The molecule has 1 N–H and O–H groups in total. The molecule has 0 atom stereocenters. The summed E-state index contributed by atoms with van der Waals surface area (Å²) in [6, 6.07) is 11.0. The summed E-state index contributed by atoms with van der Waals surface area (Å²) >= 11 is 0. The zero-order valence-electron chi connectivity index (χ0n) is 11.6. The van der Waals surface area contributed by atoms with Gasteiger partial charge < -0.3 is 0 Å². The molecule has 0 aliphatic carbocycles. The van der Waals surface area contributed by atoms with Gasteiger partial charge in [-0.2, -0.15) is 5.10 Å². The summed E-state index contributed by atoms with van der Waals surface area (Å²) in [6.45, 7) is 1.65. The molecule has 0 saturated heterocycles. The van der Waals surface area contributed by atoms with Gasteiger partial charge in [0.05, 0.1) is 10.6 Å². The van der Waals surface area contributed by atoms with Crippen molar-refractivity contribution in [1.82, 2.24) is 5.43 Å². The van der Waals surface area contributed by atoms with Crippen LogP contribution in [0.15, 0.2) is 53.6 Å². The first kappa shape index (κ1) is 15.3. The molecule has 2 rings (SSSR count). The highest BCUT2D eigenvalue weighted by atomic mass is 19.1. The molecule has 2 aromatic carbocycles. The standard InChI is InChI=1S/C15H12FN3O3/c1-10(11-5-7-13(16)8-6-11)17-18-15(20)12-3-2-4-14(9-12)19(21)22/h2-9H,1H3,(H,18,20)/b17-10-. The number of nitrogens with one attached hydrogen (secondary N) is 1. The molecule has 0 radical (unpaired) electrons. The van der Waals surface area contributed by atoms with E-state index in [-0.39, 0.29) is 17.1 Å². The third-order valence-electron chi connectivity index (χ3n) is 2.91. The second-order valence-electron chi connectivity index (χ2n) is 4.45. The van der Waals surface area contributed by atoms with Crippen LogP contribution in [0.25, 0.3) is 0 Å². The fraction of sp³-hybridized carbons (Fsp3) is 0.0667. The van der Waals surface area contributed by atoms with Crippen molar-refractivity contribution in [3.8, 4) is 0 Å². The van der Waals surface area contributed by atoms with Crippen molar-refractivity contribution in [2.24, 2.45) is 5.10 Å². The first-order valence-corrected chi connectivity index (χ1v) is 6.32. The average molecular weight is 301 g/mol. The quantitative estimate of drug-likeness (QED) is 0.535. The number of hydrogen-bond donors (Lipinski definition) is 1. The van der Waals surface area contributed by atoms with Gasteiger partial charge in [0.15, 0.2) is 0 Å². The number of rotatable bonds is 4. The highest BCUT2D eigenvalue weighted by Crippen LogP contribution is 2.13. The van der Waals surface area contributed by atoms with Crippen LogP contribution in [-0.2, 0) is 0 Å². The van der Waals surface area contributed by atoms with E-state index < -0.39 is 10.8 Å². The molecule has 2 aromatic rings. The Kier molecular flexibility index (Phi) is 4.57. The highest BCUT2D eigenvalue weighted by molar-refractivity contribution is 6.00. The minimum Gasteiger partial charge on any atom is -0.267 e. The lowest BCUT2D eigenvalue weighted by atomic mass is 10.1. The number of nitrogens with zero attached hydrogens (tertiary/aromatic N) is 2. The second kappa shape index (κ2) is 6.57. The molecule has 7 heteroatoms. The van der Waals surface area contributed by atoms with Crippen LogP contribution in [0.4, 0.5) is 10.1 Å². The van der Waals surface area contributed by atoms with Crippen molar-refractivity contribution in [3.05, 3.63) is 75.6 Å². The Bertz CT molecular complexity index is 742. The maximum absolute atomic E-state index is 12.8. The van der Waals surface area contributed by atoms with Crippen LogP contribution in [0.3, 0.4) is 0 Å². The van der Waals surface area contributed by atoms with Crippen molar-refractivity contribution in [2.75, 3.05) is 0 Å². The summed E-state index contributed by atoms with van der Waals surface area (Å²) in [6.07, 6.45) is 0. The smallest absolute Gasteiger partial charge is 0.267 e. The summed E-state index contributed by atoms with van der Waals surface area (Å²) in [5.41, 5.74) is 3.40. The normalized spacial score (nSPS) is 11.1. The summed E-state index contributed by atoms with van der Waals surface area (Å²) in [5.74, 6) is -0.928. The van der Waals surface area contributed by atoms with E-state index in [1.54, 1.807) is 6.92 Å². The van der Waals surface area contributed by atoms with Gasteiger partial charge in [-0.1, -0.05) is 18.2 Å². The summed E-state index contributed by atoms with van der Waals surface area (Å²) in [4.78, 5) is 22.0. The largest absolute Gasteiger partial charge is 0.271 e. The molecule has 0 saturated carbocycles. The van der Waals surface area contributed by atoms with E-state index in [2.05, 4.69) is 10.5 Å². The van der Waals surface area contributed by atoms with Gasteiger partial charge in [-0.25, -0.2) is 9.82 Å². The van der Waals surface area contributed by atoms with E-state index in [0.717, 1.165) is 6.07 Å². The Balaban J connectivity index is 2.11. The van der Waals surface area contributed by atoms with Crippen molar-refractivity contribution in [3.63, 3.8) is 0 Å². The predicted molar refractivity (Wildman–Crippen MR) is 79.2 cm³/mol. The Labute approximate surface area is 125 Å². The van der Waals surface area contributed by atoms with Crippen LogP contribution >= 0.6 is 0 Å². The maximum Gasteiger partial charge on any atom is 0.271 e. The number of hydrazone groups is 1. The first-order valence-electron chi connectivity index (χ1n) is 6.32. The molecule has 22 heavy (non-hydrogen) atoms. The Hall–Kier alpha value is -3.09. The number of carbonyl (C=O) groups is 1. The molecule has 6 nitrogen and oxygen atoms in total. The molecule has 0 aliphatic rings. The van der Waals surface area contributed by atoms with Crippen molar-refractivity contribution in [1.29, 1.82) is 0 Å². The van der Waals surface area contributed by atoms with E-state index >= 15 is 0 Å². The van der Waals surface area contributed by atoms with Crippen molar-refractivity contribution >= 4 is 17.3 Å². The van der Waals surface area contributed by atoms with E-state index in [1.807, 2.05) is 0 Å². The minimum atomic E-state index is -0.580. The fourth-order valence-electron chi connectivity index (χ4n) is 1.72. The predicted octanol–water partition coefficient (Wildman–Crippen LogP) is 2.89. The van der Waals surface area contributed by atoms with Crippen molar-refractivity contribution < 1.29 is 14.1 Å². The zero-order valence-corrected chi connectivity index (χ0v) is 11.6. The number of non-ortho nitro benzene ring substituents is 1. The Morgan fingerprint density at radius 3 is 2.50 bits per heavy atom. The molecule has 0 aromatic heterocycles. The van der Waals surface area contributed by atoms with E-state index in [9.17, 15) is 19.3 Å². The number of hydrogen-bond acceptors (Lipinski definition) is 4. The zero-order chi connectivity index (χ0) is 16.1. The third kappa shape index (κ3) is 3.72. The number of halogens is 1. The molecule has 0 fully saturated rings. The SMILES string of the molecule is C/C(=N/NC(=O)c1cccc([N+](=O)[O-])c1)c1ccc(F)cc1. The first-order chi connectivity index (χ1) is 10.5. The summed E-state index contributed by atoms with van der Waals surface area (Å²) < 4.78 is 12.8. The fourth-order valence-corrected chi connectivity index (χ4v) is 1.72. The topological polar surface area (TPSA) is 84.6 Å². The Morgan fingerprint density at radius 2 is 1.86 bits per heavy atom. The minimum absolute atomic E-state index is 0.129. The number of carbonyl (C=O) groups excluding carboxylic acids is 1. The van der Waals surface area contributed by atoms with Crippen LogP contribution in [0, 0.1) is 15.9 Å². The lowest BCUT2D eigenvalue weighted by Crippen LogP contribution is -2.19. The van der Waals surface area contributed by atoms with E-state index in [1.165, 1.54) is 42.5 Å². The van der Waals surface area contributed by atoms with E-state index in [4.69, 9.17) is 0 Å². The molecule has 0 spiro atoms. The molecule has 0 heterocycles. The van der Waals surface area contributed by atoms with Crippen LogP contribution < -0.4 is 5.43 Å². The average Bonchev–Trinajstić information content (AvgIpc) is 2.53. The number of amides is 1. The van der Waals surface area contributed by atoms with Gasteiger partial charge in [0.1, 0.15) is 5.82 Å². The lowest BCUT2D eigenvalue weighted by molar-refractivity contribution is -0.384. The highest BCUT2D eigenvalue weighted by Gasteiger charge is 2.11. The van der Waals surface area contributed by atoms with Crippen LogP contribution in [-0.4, -0.2) is 16.5 Å². The van der Waals surface area contributed by atoms with Crippen molar-refractivity contribution in [2.45, 2.75) is 6.92 Å². The third-order valence-corrected chi connectivity index (χ3v) is 2.91. The molecule has 0 unspecified atom stereocenters. The Morgan fingerprint density at radius 1 is 1.18 bits per heavy atom. The monoisotopic (exact) mass is 301 g/mol. The lowest BCUT2D eigenvalue weighted by Gasteiger charge is -2.03. The molecule has 0 aliphatic heterocycles. The van der Waals surface area contributed by atoms with Gasteiger partial charge in [-0.05, 0) is 30.7 Å². The molecule has 0 bridgehead atoms. The van der Waals surface area contributed by atoms with Gasteiger partial charge in [-0.15, -0.1) is 0 Å². The van der Waals surface area contributed by atoms with E-state index in [0.29, 0.717) is 11.3 Å². The summed E-state index contributed by atoms with van der Waals surface area (Å²) in [5, 5.41) is 14.6.